The highest BCUT2D eigenvalue weighted by atomic mass is 16.5. The van der Waals surface area contributed by atoms with E-state index < -0.39 is 5.97 Å². The summed E-state index contributed by atoms with van der Waals surface area (Å²) in [6.07, 6.45) is 16.2. The number of aliphatic hydroxyl groups excluding tert-OH is 1. The van der Waals surface area contributed by atoms with Gasteiger partial charge in [0, 0.05) is 11.6 Å². The van der Waals surface area contributed by atoms with Crippen molar-refractivity contribution in [2.45, 2.75) is 159 Å². The highest BCUT2D eigenvalue weighted by Gasteiger charge is 2.34. The van der Waals surface area contributed by atoms with Crippen LogP contribution in [0.15, 0.2) is 11.6 Å². The normalized spacial score (nSPS) is 18.2. The molecule has 0 fully saturated rings. The van der Waals surface area contributed by atoms with Crippen LogP contribution in [0.25, 0.3) is 0 Å². The molecule has 0 saturated heterocycles. The number of carbonyl (C=O) groups is 1. The summed E-state index contributed by atoms with van der Waals surface area (Å²) >= 11 is 0. The molecule has 1 aromatic rings. The Morgan fingerprint density at radius 2 is 1.46 bits per heavy atom. The number of hydrogen-bond donors (Lipinski definition) is 1. The molecule has 4 heteroatoms. The molecule has 1 heterocycles. The molecule has 3 unspecified atom stereocenters. The third-order valence-corrected chi connectivity index (χ3v) is 8.65. The van der Waals surface area contributed by atoms with Crippen LogP contribution in [0.4, 0.5) is 0 Å². The van der Waals surface area contributed by atoms with Crippen molar-refractivity contribution in [3.05, 3.63) is 33.9 Å². The van der Waals surface area contributed by atoms with Gasteiger partial charge in [-0.15, -0.1) is 0 Å². The van der Waals surface area contributed by atoms with Crippen LogP contribution >= 0.6 is 0 Å². The Balaban J connectivity index is 0.00000268. The zero-order valence-corrected chi connectivity index (χ0v) is 28.7. The van der Waals surface area contributed by atoms with Gasteiger partial charge in [-0.05, 0) is 100 Å². The Hall–Kier alpha value is -1.81. The average molecular weight is 573 g/mol. The number of carbonyl (C=O) groups excluding carboxylic acids is 1. The van der Waals surface area contributed by atoms with Gasteiger partial charge < -0.3 is 14.6 Å². The van der Waals surface area contributed by atoms with Crippen molar-refractivity contribution in [3.8, 4) is 11.5 Å². The first-order valence-electron chi connectivity index (χ1n) is 16.6. The van der Waals surface area contributed by atoms with Crippen LogP contribution in [-0.4, -0.2) is 23.3 Å². The lowest BCUT2D eigenvalue weighted by Gasteiger charge is -2.38. The lowest BCUT2D eigenvalue weighted by Crippen LogP contribution is -2.37. The fourth-order valence-electron chi connectivity index (χ4n) is 5.79. The van der Waals surface area contributed by atoms with E-state index in [2.05, 4.69) is 55.4 Å². The topological polar surface area (TPSA) is 55.8 Å². The van der Waals surface area contributed by atoms with E-state index in [9.17, 15) is 9.90 Å². The van der Waals surface area contributed by atoms with Crippen LogP contribution < -0.4 is 9.47 Å². The van der Waals surface area contributed by atoms with Gasteiger partial charge >= 0.3 is 5.97 Å². The van der Waals surface area contributed by atoms with E-state index in [1.807, 2.05) is 13.8 Å². The first kappa shape index (κ1) is 37.2. The predicted molar refractivity (Wildman–Crippen MR) is 175 cm³/mol. The molecule has 1 aromatic carbocycles. The molecule has 0 aliphatic carbocycles. The fourth-order valence-corrected chi connectivity index (χ4v) is 5.79. The van der Waals surface area contributed by atoms with Crippen LogP contribution in [0.1, 0.15) is 148 Å². The summed E-state index contributed by atoms with van der Waals surface area (Å²) in [6.45, 7) is 23.7. The maximum atomic E-state index is 12.4. The van der Waals surface area contributed by atoms with Gasteiger partial charge in [0.1, 0.15) is 17.1 Å². The molecular formula is C37H64O4. The molecule has 0 amide bonds. The first-order chi connectivity index (χ1) is 19.3. The zero-order valence-electron chi connectivity index (χ0n) is 28.7. The minimum atomic E-state index is -0.446. The molecular weight excluding hydrogens is 508 g/mol. The molecule has 4 nitrogen and oxygen atoms in total. The smallest absolute Gasteiger partial charge is 0.336 e. The van der Waals surface area contributed by atoms with Crippen molar-refractivity contribution in [1.29, 1.82) is 0 Å². The summed E-state index contributed by atoms with van der Waals surface area (Å²) < 4.78 is 12.4. The van der Waals surface area contributed by atoms with Crippen LogP contribution in [0.2, 0.25) is 0 Å². The molecule has 3 atom stereocenters. The van der Waals surface area contributed by atoms with Gasteiger partial charge in [-0.2, -0.15) is 0 Å². The maximum absolute atomic E-state index is 12.4. The summed E-state index contributed by atoms with van der Waals surface area (Å²) in [5.41, 5.74) is 4.58. The Kier molecular flexibility index (Phi) is 16.9. The maximum Gasteiger partial charge on any atom is 0.336 e. The van der Waals surface area contributed by atoms with Crippen molar-refractivity contribution >= 4 is 5.97 Å². The van der Waals surface area contributed by atoms with Gasteiger partial charge in [-0.3, -0.25) is 0 Å². The minimum Gasteiger partial charge on any atom is -0.487 e. The minimum absolute atomic E-state index is 0.152. The number of benzene rings is 1. The first-order valence-corrected chi connectivity index (χ1v) is 16.6. The number of rotatable bonds is 15. The standard InChI is InChI=1S/C34H56O4.C3H8/c1-23(2)13-10-14-24(3)15-11-16-25(4)17-12-19-34(9)20-18-30-29(8)32(27(6)28(7)33(30)38-34)37-31(36)21-26(5)22-35;1-3-2/h21,23-25,35H,10-20,22H2,1-9H3;3H2,1-2H3/b26-21+;. The molecule has 2 rings (SSSR count). The van der Waals surface area contributed by atoms with Crippen molar-refractivity contribution in [3.63, 3.8) is 0 Å². The Labute approximate surface area is 253 Å². The molecule has 1 N–H and O–H groups in total. The monoisotopic (exact) mass is 572 g/mol. The zero-order chi connectivity index (χ0) is 31.2. The third kappa shape index (κ3) is 12.9. The molecule has 41 heavy (non-hydrogen) atoms. The number of fused-ring (bicyclic) bond motifs is 1. The Morgan fingerprint density at radius 1 is 0.927 bits per heavy atom. The predicted octanol–water partition coefficient (Wildman–Crippen LogP) is 10.4. The van der Waals surface area contributed by atoms with Crippen LogP contribution in [0.3, 0.4) is 0 Å². The van der Waals surface area contributed by atoms with Gasteiger partial charge in [-0.25, -0.2) is 4.79 Å². The van der Waals surface area contributed by atoms with E-state index >= 15 is 0 Å². The van der Waals surface area contributed by atoms with Gasteiger partial charge in [0.05, 0.1) is 6.61 Å². The quantitative estimate of drug-likeness (QED) is 0.129. The van der Waals surface area contributed by atoms with E-state index in [1.165, 1.54) is 63.9 Å². The number of esters is 1. The van der Waals surface area contributed by atoms with E-state index in [0.29, 0.717) is 11.3 Å². The SMILES string of the molecule is C/C(=C\C(=O)Oc1c(C)c(C)c2c(c1C)CCC(C)(CCCC(C)CCCC(C)CCCC(C)C)O2)CO.CCC. The van der Waals surface area contributed by atoms with E-state index in [-0.39, 0.29) is 12.2 Å². The van der Waals surface area contributed by atoms with Crippen LogP contribution in [0, 0.1) is 38.5 Å². The summed E-state index contributed by atoms with van der Waals surface area (Å²) in [4.78, 5) is 12.4. The second kappa shape index (κ2) is 18.7. The highest BCUT2D eigenvalue weighted by Crippen LogP contribution is 2.45. The van der Waals surface area contributed by atoms with E-state index in [4.69, 9.17) is 9.47 Å². The van der Waals surface area contributed by atoms with Gasteiger partial charge in [-0.1, -0.05) is 92.9 Å². The summed E-state index contributed by atoms with van der Waals surface area (Å²) in [6, 6.07) is 0. The number of ether oxygens (including phenoxy) is 2. The highest BCUT2D eigenvalue weighted by molar-refractivity contribution is 5.85. The van der Waals surface area contributed by atoms with E-state index in [1.54, 1.807) is 6.92 Å². The summed E-state index contributed by atoms with van der Waals surface area (Å²) in [5.74, 6) is 3.62. The van der Waals surface area contributed by atoms with Crippen molar-refractivity contribution in [2.75, 3.05) is 6.61 Å². The molecule has 1 aliphatic heterocycles. The molecule has 0 saturated carbocycles. The van der Waals surface area contributed by atoms with Gasteiger partial charge in [0.25, 0.3) is 0 Å². The number of hydrogen-bond acceptors (Lipinski definition) is 4. The lowest BCUT2D eigenvalue weighted by atomic mass is 9.83. The second-order valence-corrected chi connectivity index (χ2v) is 13.7. The fraction of sp³-hybridized carbons (Fsp3) is 0.757. The second-order valence-electron chi connectivity index (χ2n) is 13.7. The van der Waals surface area contributed by atoms with Gasteiger partial charge in [0.2, 0.25) is 0 Å². The molecule has 0 spiro atoms. The molecule has 0 bridgehead atoms. The molecule has 0 aromatic heterocycles. The summed E-state index contributed by atoms with van der Waals surface area (Å²) in [5, 5.41) is 9.21. The van der Waals surface area contributed by atoms with Crippen molar-refractivity contribution < 1.29 is 19.4 Å². The Bertz CT molecular complexity index is 960. The average Bonchev–Trinajstić information content (AvgIpc) is 2.90. The molecule has 0 radical (unpaired) electrons. The lowest BCUT2D eigenvalue weighted by molar-refractivity contribution is -0.129. The van der Waals surface area contributed by atoms with Crippen LogP contribution in [0.5, 0.6) is 11.5 Å². The molecule has 236 valence electrons. The largest absolute Gasteiger partial charge is 0.487 e. The summed E-state index contributed by atoms with van der Waals surface area (Å²) in [7, 11) is 0. The third-order valence-electron chi connectivity index (χ3n) is 8.65. The van der Waals surface area contributed by atoms with E-state index in [0.717, 1.165) is 65.0 Å². The Morgan fingerprint density at radius 3 is 2.00 bits per heavy atom. The number of aliphatic hydroxyl groups is 1. The van der Waals surface area contributed by atoms with Crippen molar-refractivity contribution in [1.82, 2.24) is 0 Å². The van der Waals surface area contributed by atoms with Gasteiger partial charge in [0.15, 0.2) is 0 Å². The van der Waals surface area contributed by atoms with Crippen LogP contribution in [-0.2, 0) is 11.2 Å². The van der Waals surface area contributed by atoms with Crippen molar-refractivity contribution in [2.24, 2.45) is 17.8 Å². The molecule has 1 aliphatic rings.